The van der Waals surface area contributed by atoms with E-state index in [1.165, 1.54) is 0 Å². The highest BCUT2D eigenvalue weighted by atomic mass is 16.2. The van der Waals surface area contributed by atoms with Crippen LogP contribution in [0.25, 0.3) is 0 Å². The Labute approximate surface area is 170 Å². The Kier molecular flexibility index (Phi) is 6.84. The molecule has 2 aromatic rings. The van der Waals surface area contributed by atoms with Gasteiger partial charge >= 0.3 is 6.03 Å². The number of piperidine rings is 1. The minimum atomic E-state index is -0.425. The van der Waals surface area contributed by atoms with Crippen molar-refractivity contribution in [1.29, 1.82) is 0 Å². The van der Waals surface area contributed by atoms with Gasteiger partial charge in [-0.3, -0.25) is 9.59 Å². The molecule has 1 heterocycles. The lowest BCUT2D eigenvalue weighted by molar-refractivity contribution is -0.140. The lowest BCUT2D eigenvalue weighted by Gasteiger charge is -2.34. The molecule has 29 heavy (non-hydrogen) atoms. The van der Waals surface area contributed by atoms with Crippen LogP contribution in [0.1, 0.15) is 32.6 Å². The Hall–Kier alpha value is -3.35. The van der Waals surface area contributed by atoms with Crippen LogP contribution < -0.4 is 16.0 Å². The van der Waals surface area contributed by atoms with Crippen molar-refractivity contribution >= 4 is 34.9 Å². The zero-order valence-electron chi connectivity index (χ0n) is 16.5. The number of amides is 4. The fourth-order valence-corrected chi connectivity index (χ4v) is 3.38. The molecule has 0 aliphatic carbocycles. The average molecular weight is 394 g/mol. The van der Waals surface area contributed by atoms with E-state index in [0.717, 1.165) is 12.8 Å². The maximum atomic E-state index is 12.7. The van der Waals surface area contributed by atoms with E-state index in [9.17, 15) is 14.4 Å². The van der Waals surface area contributed by atoms with Gasteiger partial charge < -0.3 is 20.9 Å². The maximum Gasteiger partial charge on any atom is 0.323 e. The third kappa shape index (κ3) is 5.57. The van der Waals surface area contributed by atoms with Gasteiger partial charge in [0.1, 0.15) is 6.04 Å². The molecular formula is C22H26N4O3. The molecule has 7 nitrogen and oxygen atoms in total. The second kappa shape index (κ2) is 9.73. The van der Waals surface area contributed by atoms with Crippen molar-refractivity contribution in [3.8, 4) is 0 Å². The lowest BCUT2D eigenvalue weighted by Crippen LogP contribution is -2.49. The molecule has 0 bridgehead atoms. The van der Waals surface area contributed by atoms with Gasteiger partial charge in [-0.2, -0.15) is 0 Å². The Morgan fingerprint density at radius 2 is 1.45 bits per heavy atom. The number of carbonyl (C=O) groups excluding carboxylic acids is 3. The summed E-state index contributed by atoms with van der Waals surface area (Å²) >= 11 is 0. The van der Waals surface area contributed by atoms with E-state index in [2.05, 4.69) is 16.0 Å². The van der Waals surface area contributed by atoms with E-state index in [0.29, 0.717) is 36.4 Å². The van der Waals surface area contributed by atoms with Gasteiger partial charge in [-0.25, -0.2) is 4.79 Å². The molecule has 1 aliphatic heterocycles. The summed E-state index contributed by atoms with van der Waals surface area (Å²) in [6, 6.07) is 15.3. The standard InChI is InChI=1S/C22H26N4O3/c1-2-20(27)26-15-7-6-10-19(26)21(28)23-17-11-13-18(14-12-17)25-22(29)24-16-8-4-3-5-9-16/h3-5,8-9,11-14,19H,2,6-7,10,15H2,1H3,(H,23,28)(H2,24,25,29)/t19-/m1/s1. The number of nitrogens with one attached hydrogen (secondary N) is 3. The molecule has 1 saturated heterocycles. The van der Waals surface area contributed by atoms with Gasteiger partial charge in [0.2, 0.25) is 11.8 Å². The molecular weight excluding hydrogens is 368 g/mol. The molecule has 0 spiro atoms. The Bertz CT molecular complexity index is 852. The van der Waals surface area contributed by atoms with Gasteiger partial charge in [-0.15, -0.1) is 0 Å². The number of hydrogen-bond acceptors (Lipinski definition) is 3. The Morgan fingerprint density at radius 3 is 2.07 bits per heavy atom. The van der Waals surface area contributed by atoms with Crippen LogP contribution in [0.15, 0.2) is 54.6 Å². The number of anilines is 3. The molecule has 0 aromatic heterocycles. The van der Waals surface area contributed by atoms with Gasteiger partial charge in [0.15, 0.2) is 0 Å². The topological polar surface area (TPSA) is 90.5 Å². The van der Waals surface area contributed by atoms with Gasteiger partial charge in [0, 0.05) is 30.0 Å². The van der Waals surface area contributed by atoms with Crippen molar-refractivity contribution in [1.82, 2.24) is 4.90 Å². The lowest BCUT2D eigenvalue weighted by atomic mass is 10.0. The molecule has 0 unspecified atom stereocenters. The average Bonchev–Trinajstić information content (AvgIpc) is 2.75. The van der Waals surface area contributed by atoms with E-state index in [1.54, 1.807) is 41.3 Å². The van der Waals surface area contributed by atoms with Crippen LogP contribution in [0, 0.1) is 0 Å². The van der Waals surface area contributed by atoms with E-state index < -0.39 is 6.04 Å². The van der Waals surface area contributed by atoms with E-state index >= 15 is 0 Å². The predicted octanol–water partition coefficient (Wildman–Crippen LogP) is 4.06. The first-order valence-electron chi connectivity index (χ1n) is 9.90. The first-order chi connectivity index (χ1) is 14.1. The number of carbonyl (C=O) groups is 3. The Morgan fingerprint density at radius 1 is 0.862 bits per heavy atom. The molecule has 2 aromatic carbocycles. The Balaban J connectivity index is 1.56. The SMILES string of the molecule is CCC(=O)N1CCCC[C@@H]1C(=O)Nc1ccc(NC(=O)Nc2ccccc2)cc1. The molecule has 1 atom stereocenters. The minimum Gasteiger partial charge on any atom is -0.331 e. The summed E-state index contributed by atoms with van der Waals surface area (Å²) in [5, 5.41) is 8.37. The summed E-state index contributed by atoms with van der Waals surface area (Å²) in [7, 11) is 0. The number of likely N-dealkylation sites (tertiary alicyclic amines) is 1. The van der Waals surface area contributed by atoms with Crippen molar-refractivity contribution < 1.29 is 14.4 Å². The van der Waals surface area contributed by atoms with Crippen LogP contribution in [-0.2, 0) is 9.59 Å². The summed E-state index contributed by atoms with van der Waals surface area (Å²) in [5.74, 6) is -0.164. The van der Waals surface area contributed by atoms with Crippen LogP contribution >= 0.6 is 0 Å². The van der Waals surface area contributed by atoms with Crippen molar-refractivity contribution in [2.75, 3.05) is 22.5 Å². The van der Waals surface area contributed by atoms with E-state index in [-0.39, 0.29) is 17.8 Å². The maximum absolute atomic E-state index is 12.7. The van der Waals surface area contributed by atoms with Crippen molar-refractivity contribution in [3.05, 3.63) is 54.6 Å². The minimum absolute atomic E-state index is 0.00817. The highest BCUT2D eigenvalue weighted by Crippen LogP contribution is 2.21. The third-order valence-electron chi connectivity index (χ3n) is 4.87. The summed E-state index contributed by atoms with van der Waals surface area (Å²) < 4.78 is 0. The molecule has 152 valence electrons. The van der Waals surface area contributed by atoms with Crippen LogP contribution in [0.2, 0.25) is 0 Å². The predicted molar refractivity (Wildman–Crippen MR) is 114 cm³/mol. The zero-order chi connectivity index (χ0) is 20.6. The number of benzene rings is 2. The molecule has 0 saturated carbocycles. The highest BCUT2D eigenvalue weighted by Gasteiger charge is 2.31. The van der Waals surface area contributed by atoms with Crippen molar-refractivity contribution in [2.45, 2.75) is 38.6 Å². The first-order valence-corrected chi connectivity index (χ1v) is 9.90. The van der Waals surface area contributed by atoms with Crippen LogP contribution in [-0.4, -0.2) is 35.3 Å². The van der Waals surface area contributed by atoms with E-state index in [4.69, 9.17) is 0 Å². The second-order valence-electron chi connectivity index (χ2n) is 6.96. The van der Waals surface area contributed by atoms with Crippen LogP contribution in [0.3, 0.4) is 0 Å². The van der Waals surface area contributed by atoms with Crippen molar-refractivity contribution in [3.63, 3.8) is 0 Å². The molecule has 4 amide bonds. The summed E-state index contributed by atoms with van der Waals surface area (Å²) in [6.07, 6.45) is 2.94. The molecule has 1 fully saturated rings. The normalized spacial score (nSPS) is 16.0. The highest BCUT2D eigenvalue weighted by molar-refractivity contribution is 6.00. The molecule has 3 N–H and O–H groups in total. The quantitative estimate of drug-likeness (QED) is 0.714. The number of urea groups is 1. The fraction of sp³-hybridized carbons (Fsp3) is 0.318. The van der Waals surface area contributed by atoms with Crippen LogP contribution in [0.5, 0.6) is 0 Å². The monoisotopic (exact) mass is 394 g/mol. The molecule has 1 aliphatic rings. The van der Waals surface area contributed by atoms with Gasteiger partial charge in [0.25, 0.3) is 0 Å². The second-order valence-corrected chi connectivity index (χ2v) is 6.96. The summed E-state index contributed by atoms with van der Waals surface area (Å²) in [6.45, 7) is 2.44. The first kappa shape index (κ1) is 20.4. The number of nitrogens with zero attached hydrogens (tertiary/aromatic N) is 1. The van der Waals surface area contributed by atoms with Crippen LogP contribution in [0.4, 0.5) is 21.9 Å². The number of rotatable bonds is 5. The third-order valence-corrected chi connectivity index (χ3v) is 4.87. The van der Waals surface area contributed by atoms with Gasteiger partial charge in [-0.1, -0.05) is 25.1 Å². The molecule has 3 rings (SSSR count). The largest absolute Gasteiger partial charge is 0.331 e. The zero-order valence-corrected chi connectivity index (χ0v) is 16.5. The number of hydrogen-bond donors (Lipinski definition) is 3. The number of para-hydroxylation sites is 1. The fourth-order valence-electron chi connectivity index (χ4n) is 3.38. The molecule has 7 heteroatoms. The summed E-state index contributed by atoms with van der Waals surface area (Å²) in [5.41, 5.74) is 1.93. The smallest absolute Gasteiger partial charge is 0.323 e. The van der Waals surface area contributed by atoms with Gasteiger partial charge in [0.05, 0.1) is 0 Å². The van der Waals surface area contributed by atoms with Gasteiger partial charge in [-0.05, 0) is 55.7 Å². The van der Waals surface area contributed by atoms with E-state index in [1.807, 2.05) is 25.1 Å². The van der Waals surface area contributed by atoms with Crippen molar-refractivity contribution in [2.24, 2.45) is 0 Å². The molecule has 0 radical (unpaired) electrons. The summed E-state index contributed by atoms with van der Waals surface area (Å²) in [4.78, 5) is 38.5.